The molecule has 2 rings (SSSR count). The summed E-state index contributed by atoms with van der Waals surface area (Å²) in [6.45, 7) is 4.67. The van der Waals surface area contributed by atoms with E-state index in [4.69, 9.17) is 11.6 Å². The van der Waals surface area contributed by atoms with Crippen LogP contribution in [-0.2, 0) is 11.0 Å². The lowest BCUT2D eigenvalue weighted by Gasteiger charge is -2.19. The van der Waals surface area contributed by atoms with Crippen molar-refractivity contribution in [1.82, 2.24) is 15.1 Å². The minimum absolute atomic E-state index is 0.0963. The lowest BCUT2D eigenvalue weighted by molar-refractivity contribution is -0.141. The van der Waals surface area contributed by atoms with Crippen LogP contribution in [0.1, 0.15) is 42.9 Å². The van der Waals surface area contributed by atoms with E-state index in [1.807, 2.05) is 30.3 Å². The summed E-state index contributed by atoms with van der Waals surface area (Å²) in [4.78, 5) is 12.4. The highest BCUT2D eigenvalue weighted by Crippen LogP contribution is 2.36. The van der Waals surface area contributed by atoms with Crippen molar-refractivity contribution in [3.05, 3.63) is 52.3 Å². The summed E-state index contributed by atoms with van der Waals surface area (Å²) in [6, 6.07) is 8.04. The van der Waals surface area contributed by atoms with E-state index in [2.05, 4.69) is 10.4 Å². The average molecular weight is 360 g/mol. The predicted octanol–water partition coefficient (Wildman–Crippen LogP) is 4.30. The molecule has 0 saturated carbocycles. The summed E-state index contributed by atoms with van der Waals surface area (Å²) in [6.07, 6.45) is -4.67. The van der Waals surface area contributed by atoms with Crippen molar-refractivity contribution in [2.75, 3.05) is 0 Å². The molecule has 0 spiro atoms. The van der Waals surface area contributed by atoms with Gasteiger partial charge in [0, 0.05) is 0 Å². The summed E-state index contributed by atoms with van der Waals surface area (Å²) >= 11 is 5.71. The maximum Gasteiger partial charge on any atom is 0.436 e. The van der Waals surface area contributed by atoms with Gasteiger partial charge in [0.15, 0.2) is 5.69 Å². The van der Waals surface area contributed by atoms with Crippen molar-refractivity contribution in [1.29, 1.82) is 0 Å². The molecule has 0 saturated heterocycles. The van der Waals surface area contributed by atoms with E-state index in [1.54, 1.807) is 6.92 Å². The van der Waals surface area contributed by atoms with Crippen LogP contribution in [0.3, 0.4) is 0 Å². The SMILES string of the molecule is Cc1c(Cl)c(C(F)(F)F)nn1C(C)C(=O)NC(C)c1ccccc1. The Bertz CT molecular complexity index is 728. The molecule has 0 bridgehead atoms. The van der Waals surface area contributed by atoms with Crippen LogP contribution < -0.4 is 5.32 Å². The molecule has 2 unspecified atom stereocenters. The van der Waals surface area contributed by atoms with Gasteiger partial charge in [0.05, 0.1) is 16.8 Å². The highest BCUT2D eigenvalue weighted by molar-refractivity contribution is 6.32. The predicted molar refractivity (Wildman–Crippen MR) is 84.7 cm³/mol. The monoisotopic (exact) mass is 359 g/mol. The van der Waals surface area contributed by atoms with Crippen LogP contribution in [0.25, 0.3) is 0 Å². The second kappa shape index (κ2) is 6.84. The molecule has 8 heteroatoms. The van der Waals surface area contributed by atoms with E-state index >= 15 is 0 Å². The van der Waals surface area contributed by atoms with Crippen LogP contribution in [0, 0.1) is 6.92 Å². The topological polar surface area (TPSA) is 46.9 Å². The number of nitrogens with one attached hydrogen (secondary N) is 1. The average Bonchev–Trinajstić information content (AvgIpc) is 2.83. The zero-order valence-electron chi connectivity index (χ0n) is 13.4. The van der Waals surface area contributed by atoms with E-state index in [-0.39, 0.29) is 11.7 Å². The molecular formula is C16H17ClF3N3O. The summed E-state index contributed by atoms with van der Waals surface area (Å²) in [5, 5.41) is 5.76. The van der Waals surface area contributed by atoms with Crippen LogP contribution in [0.5, 0.6) is 0 Å². The van der Waals surface area contributed by atoms with Crippen LogP contribution in [-0.4, -0.2) is 15.7 Å². The van der Waals surface area contributed by atoms with Gasteiger partial charge in [-0.3, -0.25) is 9.48 Å². The van der Waals surface area contributed by atoms with Crippen molar-refractivity contribution in [2.24, 2.45) is 0 Å². The normalized spacial score (nSPS) is 14.3. The van der Waals surface area contributed by atoms with Gasteiger partial charge in [0.1, 0.15) is 6.04 Å². The van der Waals surface area contributed by atoms with E-state index < -0.39 is 28.8 Å². The molecule has 2 atom stereocenters. The number of rotatable bonds is 4. The maximum absolute atomic E-state index is 12.9. The first-order valence-electron chi connectivity index (χ1n) is 7.30. The summed E-state index contributed by atoms with van der Waals surface area (Å²) in [7, 11) is 0. The minimum atomic E-state index is -4.67. The first-order chi connectivity index (χ1) is 11.1. The van der Waals surface area contributed by atoms with Gasteiger partial charge in [0.25, 0.3) is 0 Å². The molecule has 0 aliphatic rings. The van der Waals surface area contributed by atoms with Crippen LogP contribution in [0.2, 0.25) is 5.02 Å². The van der Waals surface area contributed by atoms with Crippen molar-refractivity contribution in [2.45, 2.75) is 39.0 Å². The standard InChI is InChI=1S/C16H17ClF3N3O/c1-9(12-7-5-4-6-8-12)21-15(24)11(3)23-10(2)13(17)14(22-23)16(18,19)20/h4-9,11H,1-3H3,(H,21,24). The molecule has 0 aliphatic carbocycles. The Hall–Kier alpha value is -2.02. The first kappa shape index (κ1) is 18.3. The lowest BCUT2D eigenvalue weighted by atomic mass is 10.1. The summed E-state index contributed by atoms with van der Waals surface area (Å²) in [5.41, 5.74) is -0.194. The molecule has 1 aromatic heterocycles. The zero-order valence-corrected chi connectivity index (χ0v) is 14.1. The van der Waals surface area contributed by atoms with Crippen molar-refractivity contribution in [3.63, 3.8) is 0 Å². The second-order valence-electron chi connectivity index (χ2n) is 5.51. The van der Waals surface area contributed by atoms with E-state index in [1.165, 1.54) is 13.8 Å². The molecule has 24 heavy (non-hydrogen) atoms. The molecule has 0 fully saturated rings. The number of hydrogen-bond donors (Lipinski definition) is 1. The van der Waals surface area contributed by atoms with Gasteiger partial charge in [-0.05, 0) is 26.3 Å². The number of halogens is 4. The molecule has 2 aromatic rings. The number of amides is 1. The smallest absolute Gasteiger partial charge is 0.348 e. The van der Waals surface area contributed by atoms with E-state index in [0.717, 1.165) is 10.2 Å². The third-order valence-corrected chi connectivity index (χ3v) is 4.20. The minimum Gasteiger partial charge on any atom is -0.348 e. The summed E-state index contributed by atoms with van der Waals surface area (Å²) < 4.78 is 39.6. The van der Waals surface area contributed by atoms with Gasteiger partial charge < -0.3 is 5.32 Å². The van der Waals surface area contributed by atoms with Crippen LogP contribution in [0.4, 0.5) is 13.2 Å². The second-order valence-corrected chi connectivity index (χ2v) is 5.89. The van der Waals surface area contributed by atoms with Crippen molar-refractivity contribution in [3.8, 4) is 0 Å². The third kappa shape index (κ3) is 3.72. The van der Waals surface area contributed by atoms with Crippen molar-refractivity contribution < 1.29 is 18.0 Å². The molecule has 130 valence electrons. The highest BCUT2D eigenvalue weighted by atomic mass is 35.5. The van der Waals surface area contributed by atoms with Gasteiger partial charge in [-0.2, -0.15) is 18.3 Å². The number of aromatic nitrogens is 2. The molecule has 1 amide bonds. The fraction of sp³-hybridized carbons (Fsp3) is 0.375. The molecule has 1 heterocycles. The maximum atomic E-state index is 12.9. The van der Waals surface area contributed by atoms with E-state index in [9.17, 15) is 18.0 Å². The Balaban J connectivity index is 2.20. The van der Waals surface area contributed by atoms with Gasteiger partial charge in [-0.25, -0.2) is 0 Å². The number of carbonyl (C=O) groups is 1. The Morgan fingerprint density at radius 3 is 2.33 bits per heavy atom. The molecule has 0 aliphatic heterocycles. The Kier molecular flexibility index (Phi) is 5.22. The molecule has 1 N–H and O–H groups in total. The quantitative estimate of drug-likeness (QED) is 0.884. The highest BCUT2D eigenvalue weighted by Gasteiger charge is 2.39. The molecular weight excluding hydrogens is 343 g/mol. The Morgan fingerprint density at radius 2 is 1.83 bits per heavy atom. The number of hydrogen-bond acceptors (Lipinski definition) is 2. The fourth-order valence-electron chi connectivity index (χ4n) is 2.33. The molecule has 0 radical (unpaired) electrons. The lowest BCUT2D eigenvalue weighted by Crippen LogP contribution is -2.34. The van der Waals surface area contributed by atoms with Crippen LogP contribution in [0.15, 0.2) is 30.3 Å². The number of nitrogens with zero attached hydrogens (tertiary/aromatic N) is 2. The summed E-state index contributed by atoms with van der Waals surface area (Å²) in [5.74, 6) is -0.442. The van der Waals surface area contributed by atoms with Gasteiger partial charge in [-0.15, -0.1) is 0 Å². The van der Waals surface area contributed by atoms with E-state index in [0.29, 0.717) is 0 Å². The third-order valence-electron chi connectivity index (χ3n) is 3.75. The molecule has 1 aromatic carbocycles. The number of alkyl halides is 3. The van der Waals surface area contributed by atoms with Gasteiger partial charge >= 0.3 is 6.18 Å². The van der Waals surface area contributed by atoms with Crippen molar-refractivity contribution >= 4 is 17.5 Å². The zero-order chi connectivity index (χ0) is 18.1. The molecule has 4 nitrogen and oxygen atoms in total. The largest absolute Gasteiger partial charge is 0.436 e. The first-order valence-corrected chi connectivity index (χ1v) is 7.67. The number of carbonyl (C=O) groups excluding carboxylic acids is 1. The number of benzene rings is 1. The van der Waals surface area contributed by atoms with Crippen LogP contribution >= 0.6 is 11.6 Å². The van der Waals surface area contributed by atoms with Gasteiger partial charge in [-0.1, -0.05) is 41.9 Å². The fourth-order valence-corrected chi connectivity index (χ4v) is 2.56. The Morgan fingerprint density at radius 1 is 1.25 bits per heavy atom. The van der Waals surface area contributed by atoms with Gasteiger partial charge in [0.2, 0.25) is 5.91 Å². The Labute approximate surface area is 142 Å².